The number of piperidine rings is 1. The van der Waals surface area contributed by atoms with Crippen molar-refractivity contribution in [1.82, 2.24) is 5.32 Å². The van der Waals surface area contributed by atoms with Gasteiger partial charge in [0, 0.05) is 6.42 Å². The largest absolute Gasteiger partial charge is 0.497 e. The molecule has 19 heavy (non-hydrogen) atoms. The summed E-state index contributed by atoms with van der Waals surface area (Å²) in [6.07, 6.45) is 1.03. The molecule has 2 atom stereocenters. The Bertz CT molecular complexity index is 512. The summed E-state index contributed by atoms with van der Waals surface area (Å²) in [5.41, 5.74) is 0.259. The second kappa shape index (κ2) is 5.03. The quantitative estimate of drug-likeness (QED) is 0.847. The highest BCUT2D eigenvalue weighted by Gasteiger charge is 2.48. The lowest BCUT2D eigenvalue weighted by atomic mass is 9.65. The van der Waals surface area contributed by atoms with E-state index in [-0.39, 0.29) is 17.7 Å². The van der Waals surface area contributed by atoms with Crippen LogP contribution in [0.15, 0.2) is 24.3 Å². The normalized spacial score (nSPS) is 27.0. The average Bonchev–Trinajstić information content (AvgIpc) is 2.39. The van der Waals surface area contributed by atoms with E-state index in [1.165, 1.54) is 0 Å². The van der Waals surface area contributed by atoms with E-state index in [0.717, 1.165) is 11.3 Å². The zero-order chi connectivity index (χ0) is 14.0. The van der Waals surface area contributed by atoms with E-state index in [0.29, 0.717) is 12.8 Å². The van der Waals surface area contributed by atoms with E-state index < -0.39 is 5.41 Å². The first-order valence-corrected chi connectivity index (χ1v) is 6.53. The van der Waals surface area contributed by atoms with Crippen LogP contribution in [0.3, 0.4) is 0 Å². The molecule has 1 aliphatic heterocycles. The molecular weight excluding hydrogens is 242 g/mol. The number of benzene rings is 1. The predicted octanol–water partition coefficient (Wildman–Crippen LogP) is 2.03. The molecule has 0 radical (unpaired) electrons. The smallest absolute Gasteiger partial charge is 0.237 e. The Labute approximate surface area is 113 Å². The summed E-state index contributed by atoms with van der Waals surface area (Å²) in [6.45, 7) is 3.94. The van der Waals surface area contributed by atoms with Crippen LogP contribution < -0.4 is 10.1 Å². The first-order chi connectivity index (χ1) is 9.04. The van der Waals surface area contributed by atoms with Gasteiger partial charge < -0.3 is 4.74 Å². The average molecular weight is 261 g/mol. The van der Waals surface area contributed by atoms with E-state index in [4.69, 9.17) is 4.74 Å². The predicted molar refractivity (Wildman–Crippen MR) is 71.9 cm³/mol. The number of carbonyl (C=O) groups excluding carboxylic acids is 2. The van der Waals surface area contributed by atoms with Gasteiger partial charge in [-0.05, 0) is 30.0 Å². The van der Waals surface area contributed by atoms with Gasteiger partial charge >= 0.3 is 0 Å². The van der Waals surface area contributed by atoms with Crippen molar-refractivity contribution < 1.29 is 14.3 Å². The van der Waals surface area contributed by atoms with E-state index >= 15 is 0 Å². The van der Waals surface area contributed by atoms with E-state index in [9.17, 15) is 9.59 Å². The molecule has 1 heterocycles. The third kappa shape index (κ3) is 2.11. The van der Waals surface area contributed by atoms with Crippen LogP contribution >= 0.6 is 0 Å². The fourth-order valence-electron chi connectivity index (χ4n) is 2.99. The number of amides is 2. The SMILES string of the molecule is CCC1(c2cccc(OC)c2)C(=O)NC(=O)CC1C. The van der Waals surface area contributed by atoms with Crippen LogP contribution in [0.4, 0.5) is 0 Å². The van der Waals surface area contributed by atoms with Gasteiger partial charge in [0.25, 0.3) is 0 Å². The van der Waals surface area contributed by atoms with Crippen molar-refractivity contribution in [3.63, 3.8) is 0 Å². The maximum atomic E-state index is 12.4. The summed E-state index contributed by atoms with van der Waals surface area (Å²) in [5, 5.41) is 2.47. The lowest BCUT2D eigenvalue weighted by molar-refractivity contribution is -0.140. The molecule has 1 N–H and O–H groups in total. The van der Waals surface area contributed by atoms with Crippen LogP contribution in [-0.2, 0) is 15.0 Å². The van der Waals surface area contributed by atoms with Gasteiger partial charge in [-0.15, -0.1) is 0 Å². The van der Waals surface area contributed by atoms with Crippen LogP contribution in [0.2, 0.25) is 0 Å². The molecule has 102 valence electrons. The molecule has 1 saturated heterocycles. The molecule has 0 aliphatic carbocycles. The maximum absolute atomic E-state index is 12.4. The lowest BCUT2D eigenvalue weighted by Gasteiger charge is -2.40. The van der Waals surface area contributed by atoms with Gasteiger partial charge in [-0.25, -0.2) is 0 Å². The highest BCUT2D eigenvalue weighted by molar-refractivity contribution is 6.03. The molecule has 0 bridgehead atoms. The van der Waals surface area contributed by atoms with Gasteiger partial charge in [-0.1, -0.05) is 26.0 Å². The van der Waals surface area contributed by atoms with Gasteiger partial charge in [0.15, 0.2) is 0 Å². The van der Waals surface area contributed by atoms with Gasteiger partial charge in [-0.2, -0.15) is 0 Å². The third-order valence-electron chi connectivity index (χ3n) is 4.13. The summed E-state index contributed by atoms with van der Waals surface area (Å²) in [6, 6.07) is 7.54. The molecular formula is C15H19NO3. The molecule has 4 heteroatoms. The van der Waals surface area contributed by atoms with Crippen LogP contribution in [0.1, 0.15) is 32.3 Å². The number of hydrogen-bond donors (Lipinski definition) is 1. The number of rotatable bonds is 3. The molecule has 1 fully saturated rings. The van der Waals surface area contributed by atoms with Gasteiger partial charge in [0.1, 0.15) is 5.75 Å². The minimum absolute atomic E-state index is 0.0224. The number of methoxy groups -OCH3 is 1. The Kier molecular flexibility index (Phi) is 3.60. The van der Waals surface area contributed by atoms with E-state index in [2.05, 4.69) is 5.32 Å². The molecule has 2 amide bonds. The second-order valence-corrected chi connectivity index (χ2v) is 5.04. The van der Waals surface area contributed by atoms with Crippen molar-refractivity contribution >= 4 is 11.8 Å². The van der Waals surface area contributed by atoms with Crippen molar-refractivity contribution in [3.05, 3.63) is 29.8 Å². The van der Waals surface area contributed by atoms with Gasteiger partial charge in [0.2, 0.25) is 11.8 Å². The van der Waals surface area contributed by atoms with Crippen molar-refractivity contribution in [2.75, 3.05) is 7.11 Å². The first-order valence-electron chi connectivity index (χ1n) is 6.53. The minimum Gasteiger partial charge on any atom is -0.497 e. The number of imide groups is 1. The first kappa shape index (κ1) is 13.6. The molecule has 0 spiro atoms. The summed E-state index contributed by atoms with van der Waals surface area (Å²) in [7, 11) is 1.60. The molecule has 2 unspecified atom stereocenters. The fourth-order valence-corrected chi connectivity index (χ4v) is 2.99. The molecule has 1 aliphatic rings. The highest BCUT2D eigenvalue weighted by atomic mass is 16.5. The van der Waals surface area contributed by atoms with Gasteiger partial charge in [0.05, 0.1) is 12.5 Å². The number of hydrogen-bond acceptors (Lipinski definition) is 3. The standard InChI is InChI=1S/C15H19NO3/c1-4-15(10(2)8-13(17)16-14(15)18)11-6-5-7-12(9-11)19-3/h5-7,9-10H,4,8H2,1-3H3,(H,16,17,18). The van der Waals surface area contributed by atoms with Crippen molar-refractivity contribution in [3.8, 4) is 5.75 Å². The fraction of sp³-hybridized carbons (Fsp3) is 0.467. The zero-order valence-corrected chi connectivity index (χ0v) is 11.5. The maximum Gasteiger partial charge on any atom is 0.237 e. The second-order valence-electron chi connectivity index (χ2n) is 5.04. The summed E-state index contributed by atoms with van der Waals surface area (Å²) >= 11 is 0. The van der Waals surface area contributed by atoms with Gasteiger partial charge in [-0.3, -0.25) is 14.9 Å². The molecule has 0 saturated carbocycles. The van der Waals surface area contributed by atoms with Crippen molar-refractivity contribution in [2.24, 2.45) is 5.92 Å². The highest BCUT2D eigenvalue weighted by Crippen LogP contribution is 2.41. The zero-order valence-electron chi connectivity index (χ0n) is 11.5. The topological polar surface area (TPSA) is 55.4 Å². The molecule has 1 aromatic rings. The van der Waals surface area contributed by atoms with Crippen molar-refractivity contribution in [2.45, 2.75) is 32.1 Å². The lowest BCUT2D eigenvalue weighted by Crippen LogP contribution is -2.55. The third-order valence-corrected chi connectivity index (χ3v) is 4.13. The Morgan fingerprint density at radius 1 is 1.42 bits per heavy atom. The molecule has 0 aromatic heterocycles. The van der Waals surface area contributed by atoms with Crippen molar-refractivity contribution in [1.29, 1.82) is 0 Å². The Morgan fingerprint density at radius 3 is 2.74 bits per heavy atom. The van der Waals surface area contributed by atoms with E-state index in [1.807, 2.05) is 38.1 Å². The monoisotopic (exact) mass is 261 g/mol. The number of ether oxygens (including phenoxy) is 1. The molecule has 1 aromatic carbocycles. The van der Waals surface area contributed by atoms with E-state index in [1.54, 1.807) is 7.11 Å². The van der Waals surface area contributed by atoms with Crippen LogP contribution in [0.5, 0.6) is 5.75 Å². The van der Waals surface area contributed by atoms with Crippen LogP contribution in [-0.4, -0.2) is 18.9 Å². The van der Waals surface area contributed by atoms with Crippen LogP contribution in [0, 0.1) is 5.92 Å². The Hall–Kier alpha value is -1.84. The summed E-state index contributed by atoms with van der Waals surface area (Å²) < 4.78 is 5.23. The summed E-state index contributed by atoms with van der Waals surface area (Å²) in [4.78, 5) is 23.9. The van der Waals surface area contributed by atoms with Crippen LogP contribution in [0.25, 0.3) is 0 Å². The number of carbonyl (C=O) groups is 2. The molecule has 4 nitrogen and oxygen atoms in total. The Balaban J connectivity index is 2.51. The number of nitrogens with one attached hydrogen (secondary N) is 1. The minimum atomic E-state index is -0.650. The Morgan fingerprint density at radius 2 is 2.16 bits per heavy atom. The summed E-state index contributed by atoms with van der Waals surface area (Å²) in [5.74, 6) is 0.310. The molecule has 2 rings (SSSR count).